The highest BCUT2D eigenvalue weighted by Crippen LogP contribution is 2.30. The van der Waals surface area contributed by atoms with Gasteiger partial charge in [-0.15, -0.1) is 0 Å². The lowest BCUT2D eigenvalue weighted by molar-refractivity contribution is 0.356. The Kier molecular flexibility index (Phi) is 5.26. The summed E-state index contributed by atoms with van der Waals surface area (Å²) < 4.78 is 5.59. The van der Waals surface area contributed by atoms with Gasteiger partial charge in [-0.1, -0.05) is 32.9 Å². The molecule has 0 amide bonds. The van der Waals surface area contributed by atoms with E-state index < -0.39 is 0 Å². The van der Waals surface area contributed by atoms with E-state index in [0.29, 0.717) is 6.04 Å². The SMILES string of the molecule is CCCNC(CCC(C)C)c1ccc2c(c1)CCO2. The number of hydrogen-bond acceptors (Lipinski definition) is 2. The third-order valence-corrected chi connectivity index (χ3v) is 3.79. The number of ether oxygens (including phenoxy) is 1. The number of hydrogen-bond donors (Lipinski definition) is 1. The predicted molar refractivity (Wildman–Crippen MR) is 80.7 cm³/mol. The van der Waals surface area contributed by atoms with Gasteiger partial charge in [0.05, 0.1) is 6.61 Å². The Morgan fingerprint density at radius 3 is 2.84 bits per heavy atom. The molecule has 0 aromatic heterocycles. The molecule has 1 N–H and O–H groups in total. The molecule has 19 heavy (non-hydrogen) atoms. The van der Waals surface area contributed by atoms with E-state index >= 15 is 0 Å². The van der Waals surface area contributed by atoms with Gasteiger partial charge >= 0.3 is 0 Å². The second kappa shape index (κ2) is 6.95. The lowest BCUT2D eigenvalue weighted by Gasteiger charge is -2.20. The van der Waals surface area contributed by atoms with Crippen LogP contribution in [0.4, 0.5) is 0 Å². The van der Waals surface area contributed by atoms with Crippen LogP contribution in [0.3, 0.4) is 0 Å². The zero-order valence-electron chi connectivity index (χ0n) is 12.5. The van der Waals surface area contributed by atoms with Crippen molar-refractivity contribution in [3.63, 3.8) is 0 Å². The summed E-state index contributed by atoms with van der Waals surface area (Å²) >= 11 is 0. The minimum absolute atomic E-state index is 0.494. The van der Waals surface area contributed by atoms with E-state index in [1.54, 1.807) is 0 Å². The van der Waals surface area contributed by atoms with E-state index in [9.17, 15) is 0 Å². The molecule has 0 spiro atoms. The zero-order chi connectivity index (χ0) is 13.7. The Bertz CT molecular complexity index is 400. The maximum Gasteiger partial charge on any atom is 0.122 e. The molecule has 1 heterocycles. The van der Waals surface area contributed by atoms with Crippen LogP contribution in [0.5, 0.6) is 5.75 Å². The summed E-state index contributed by atoms with van der Waals surface area (Å²) in [6.45, 7) is 8.76. The monoisotopic (exact) mass is 261 g/mol. The smallest absolute Gasteiger partial charge is 0.122 e. The van der Waals surface area contributed by atoms with Crippen LogP contribution in [-0.2, 0) is 6.42 Å². The van der Waals surface area contributed by atoms with Gasteiger partial charge in [0.15, 0.2) is 0 Å². The van der Waals surface area contributed by atoms with Crippen molar-refractivity contribution in [1.29, 1.82) is 0 Å². The fraction of sp³-hybridized carbons (Fsp3) is 0.647. The standard InChI is InChI=1S/C17H27NO/c1-4-10-18-16(7-5-13(2)3)14-6-8-17-15(12-14)9-11-19-17/h6,8,12-13,16,18H,4-5,7,9-11H2,1-3H3. The molecule has 2 heteroatoms. The number of nitrogens with one attached hydrogen (secondary N) is 1. The average Bonchev–Trinajstić information content (AvgIpc) is 2.85. The molecule has 1 aliphatic rings. The van der Waals surface area contributed by atoms with Crippen LogP contribution >= 0.6 is 0 Å². The van der Waals surface area contributed by atoms with E-state index in [4.69, 9.17) is 4.74 Å². The molecule has 1 aromatic carbocycles. The normalized spacial score (nSPS) is 15.4. The quantitative estimate of drug-likeness (QED) is 0.798. The molecule has 0 saturated heterocycles. The third kappa shape index (κ3) is 3.97. The number of benzene rings is 1. The van der Waals surface area contributed by atoms with Gasteiger partial charge in [0, 0.05) is 12.5 Å². The third-order valence-electron chi connectivity index (χ3n) is 3.79. The van der Waals surface area contributed by atoms with Crippen molar-refractivity contribution >= 4 is 0 Å². The first-order valence-corrected chi connectivity index (χ1v) is 7.69. The van der Waals surface area contributed by atoms with Crippen molar-refractivity contribution in [3.8, 4) is 5.75 Å². The molecule has 1 unspecified atom stereocenters. The first-order valence-electron chi connectivity index (χ1n) is 7.69. The van der Waals surface area contributed by atoms with Gasteiger partial charge in [-0.05, 0) is 48.9 Å². The summed E-state index contributed by atoms with van der Waals surface area (Å²) in [6, 6.07) is 7.22. The van der Waals surface area contributed by atoms with Crippen LogP contribution in [0, 0.1) is 5.92 Å². The minimum atomic E-state index is 0.494. The van der Waals surface area contributed by atoms with Gasteiger partial charge < -0.3 is 10.1 Å². The first kappa shape index (κ1) is 14.4. The largest absolute Gasteiger partial charge is 0.493 e. The van der Waals surface area contributed by atoms with Crippen LogP contribution in [-0.4, -0.2) is 13.2 Å². The number of fused-ring (bicyclic) bond motifs is 1. The van der Waals surface area contributed by atoms with Crippen molar-refractivity contribution in [2.45, 2.75) is 52.5 Å². The second-order valence-electron chi connectivity index (χ2n) is 5.94. The Balaban J connectivity index is 2.07. The molecule has 1 aromatic rings. The van der Waals surface area contributed by atoms with Crippen LogP contribution in [0.25, 0.3) is 0 Å². The Morgan fingerprint density at radius 1 is 1.26 bits per heavy atom. The van der Waals surface area contributed by atoms with Crippen molar-refractivity contribution in [1.82, 2.24) is 5.32 Å². The van der Waals surface area contributed by atoms with Gasteiger partial charge in [-0.2, -0.15) is 0 Å². The fourth-order valence-electron chi connectivity index (χ4n) is 2.63. The van der Waals surface area contributed by atoms with Crippen molar-refractivity contribution in [2.75, 3.05) is 13.2 Å². The summed E-state index contributed by atoms with van der Waals surface area (Å²) in [7, 11) is 0. The van der Waals surface area contributed by atoms with Crippen LogP contribution in [0.1, 0.15) is 57.2 Å². The molecular formula is C17H27NO. The first-order chi connectivity index (χ1) is 9.20. The van der Waals surface area contributed by atoms with Gasteiger partial charge in [0.1, 0.15) is 5.75 Å². The molecule has 0 radical (unpaired) electrons. The van der Waals surface area contributed by atoms with Crippen molar-refractivity contribution in [2.24, 2.45) is 5.92 Å². The van der Waals surface area contributed by atoms with E-state index in [1.807, 2.05) is 0 Å². The molecule has 0 bridgehead atoms. The minimum Gasteiger partial charge on any atom is -0.493 e. The highest BCUT2D eigenvalue weighted by atomic mass is 16.5. The Labute approximate surface area is 117 Å². The predicted octanol–water partition coefficient (Wildman–Crippen LogP) is 4.10. The highest BCUT2D eigenvalue weighted by Gasteiger charge is 2.16. The lowest BCUT2D eigenvalue weighted by atomic mass is 9.95. The van der Waals surface area contributed by atoms with E-state index in [2.05, 4.69) is 44.3 Å². The molecule has 0 saturated carbocycles. The molecule has 0 fully saturated rings. The fourth-order valence-corrected chi connectivity index (χ4v) is 2.63. The van der Waals surface area contributed by atoms with Gasteiger partial charge in [-0.25, -0.2) is 0 Å². The summed E-state index contributed by atoms with van der Waals surface area (Å²) in [5, 5.41) is 3.69. The molecular weight excluding hydrogens is 234 g/mol. The summed E-state index contributed by atoms with van der Waals surface area (Å²) in [5.41, 5.74) is 2.81. The molecule has 2 rings (SSSR count). The maximum absolute atomic E-state index is 5.59. The van der Waals surface area contributed by atoms with Crippen LogP contribution in [0.15, 0.2) is 18.2 Å². The average molecular weight is 261 g/mol. The van der Waals surface area contributed by atoms with Gasteiger partial charge in [0.25, 0.3) is 0 Å². The van der Waals surface area contributed by atoms with E-state index in [1.165, 1.54) is 30.4 Å². The Hall–Kier alpha value is -1.02. The van der Waals surface area contributed by atoms with Gasteiger partial charge in [0.2, 0.25) is 0 Å². The molecule has 1 atom stereocenters. The number of rotatable bonds is 7. The van der Waals surface area contributed by atoms with Crippen molar-refractivity contribution in [3.05, 3.63) is 29.3 Å². The molecule has 106 valence electrons. The molecule has 0 aliphatic carbocycles. The lowest BCUT2D eigenvalue weighted by Crippen LogP contribution is -2.22. The summed E-state index contributed by atoms with van der Waals surface area (Å²) in [4.78, 5) is 0. The maximum atomic E-state index is 5.59. The molecule has 2 nitrogen and oxygen atoms in total. The van der Waals surface area contributed by atoms with Crippen molar-refractivity contribution < 1.29 is 4.74 Å². The second-order valence-corrected chi connectivity index (χ2v) is 5.94. The van der Waals surface area contributed by atoms with Crippen LogP contribution < -0.4 is 10.1 Å². The summed E-state index contributed by atoms with van der Waals surface area (Å²) in [5.74, 6) is 1.85. The molecule has 1 aliphatic heterocycles. The summed E-state index contributed by atoms with van der Waals surface area (Å²) in [6.07, 6.45) is 4.74. The zero-order valence-corrected chi connectivity index (χ0v) is 12.5. The van der Waals surface area contributed by atoms with Gasteiger partial charge in [-0.3, -0.25) is 0 Å². The van der Waals surface area contributed by atoms with E-state index in [-0.39, 0.29) is 0 Å². The van der Waals surface area contributed by atoms with E-state index in [0.717, 1.165) is 31.2 Å². The van der Waals surface area contributed by atoms with Crippen LogP contribution in [0.2, 0.25) is 0 Å². The Morgan fingerprint density at radius 2 is 2.11 bits per heavy atom. The highest BCUT2D eigenvalue weighted by molar-refractivity contribution is 5.40. The topological polar surface area (TPSA) is 21.3 Å².